The quantitative estimate of drug-likeness (QED) is 0.711. The highest BCUT2D eigenvalue weighted by molar-refractivity contribution is 7.19. The van der Waals surface area contributed by atoms with Crippen LogP contribution in [0.4, 0.5) is 4.39 Å². The topological polar surface area (TPSA) is 12.0 Å². The zero-order chi connectivity index (χ0) is 14.7. The van der Waals surface area contributed by atoms with Crippen molar-refractivity contribution in [3.63, 3.8) is 0 Å². The van der Waals surface area contributed by atoms with Crippen molar-refractivity contribution < 1.29 is 4.39 Å². The molecule has 1 nitrogen and oxygen atoms in total. The van der Waals surface area contributed by atoms with E-state index in [2.05, 4.69) is 24.4 Å². The Morgan fingerprint density at radius 3 is 2.95 bits per heavy atom. The standard InChI is InChI=1S/C18H22FNS/c1-2-10-20-18(13-6-4-3-5-7-13)17-12-14-11-15(19)8-9-16(14)21-17/h6,8-9,11-12,18,20H,2-5,7,10H2,1H3. The van der Waals surface area contributed by atoms with Crippen LogP contribution in [0.2, 0.25) is 0 Å². The van der Waals surface area contributed by atoms with Crippen LogP contribution >= 0.6 is 11.3 Å². The summed E-state index contributed by atoms with van der Waals surface area (Å²) in [4.78, 5) is 1.32. The summed E-state index contributed by atoms with van der Waals surface area (Å²) in [6, 6.07) is 7.56. The fraction of sp³-hybridized carbons (Fsp3) is 0.444. The molecule has 1 aromatic carbocycles. The van der Waals surface area contributed by atoms with Gasteiger partial charge in [0.2, 0.25) is 0 Å². The molecule has 3 rings (SSSR count). The van der Waals surface area contributed by atoms with Gasteiger partial charge in [-0.25, -0.2) is 4.39 Å². The van der Waals surface area contributed by atoms with Crippen molar-refractivity contribution in [1.82, 2.24) is 5.32 Å². The molecule has 0 bridgehead atoms. The fourth-order valence-corrected chi connectivity index (χ4v) is 4.17. The van der Waals surface area contributed by atoms with E-state index in [1.54, 1.807) is 23.5 Å². The van der Waals surface area contributed by atoms with E-state index < -0.39 is 0 Å². The van der Waals surface area contributed by atoms with Crippen LogP contribution in [0.5, 0.6) is 0 Å². The zero-order valence-corrected chi connectivity index (χ0v) is 13.3. The van der Waals surface area contributed by atoms with Crippen molar-refractivity contribution in [2.75, 3.05) is 6.54 Å². The highest BCUT2D eigenvalue weighted by atomic mass is 32.1. The number of halogens is 1. The minimum atomic E-state index is -0.151. The Morgan fingerprint density at radius 2 is 2.19 bits per heavy atom. The van der Waals surface area contributed by atoms with Gasteiger partial charge in [0.1, 0.15) is 5.82 Å². The van der Waals surface area contributed by atoms with Gasteiger partial charge in [0.05, 0.1) is 6.04 Å². The second-order valence-electron chi connectivity index (χ2n) is 5.74. The first-order valence-electron chi connectivity index (χ1n) is 7.89. The van der Waals surface area contributed by atoms with Crippen molar-refractivity contribution in [1.29, 1.82) is 0 Å². The third-order valence-electron chi connectivity index (χ3n) is 4.08. The molecule has 1 aromatic heterocycles. The molecule has 0 aliphatic heterocycles. The molecule has 0 amide bonds. The summed E-state index contributed by atoms with van der Waals surface area (Å²) < 4.78 is 14.6. The Hall–Kier alpha value is -1.19. The number of benzene rings is 1. The van der Waals surface area contributed by atoms with Crippen molar-refractivity contribution in [2.24, 2.45) is 0 Å². The number of allylic oxidation sites excluding steroid dienone is 1. The van der Waals surface area contributed by atoms with Gasteiger partial charge in [0.15, 0.2) is 0 Å². The molecule has 1 aliphatic rings. The summed E-state index contributed by atoms with van der Waals surface area (Å²) in [5, 5.41) is 4.70. The SMILES string of the molecule is CCCNC(C1=CCCCC1)c1cc2cc(F)ccc2s1. The van der Waals surface area contributed by atoms with Crippen LogP contribution in [0, 0.1) is 5.82 Å². The van der Waals surface area contributed by atoms with E-state index in [9.17, 15) is 4.39 Å². The summed E-state index contributed by atoms with van der Waals surface area (Å²) in [5.74, 6) is -0.151. The van der Waals surface area contributed by atoms with E-state index in [4.69, 9.17) is 0 Å². The molecular weight excluding hydrogens is 281 g/mol. The summed E-state index contributed by atoms with van der Waals surface area (Å²) >= 11 is 1.79. The lowest BCUT2D eigenvalue weighted by molar-refractivity contribution is 0.552. The molecule has 3 heteroatoms. The Bertz CT molecular complexity index is 644. The number of hydrogen-bond donors (Lipinski definition) is 1. The highest BCUT2D eigenvalue weighted by Crippen LogP contribution is 2.36. The second-order valence-corrected chi connectivity index (χ2v) is 6.86. The van der Waals surface area contributed by atoms with Gasteiger partial charge in [-0.15, -0.1) is 11.3 Å². The number of hydrogen-bond acceptors (Lipinski definition) is 2. The normalized spacial score (nSPS) is 17.0. The van der Waals surface area contributed by atoms with Crippen LogP contribution in [0.3, 0.4) is 0 Å². The maximum absolute atomic E-state index is 13.4. The van der Waals surface area contributed by atoms with Crippen molar-refractivity contribution in [2.45, 2.75) is 45.1 Å². The predicted molar refractivity (Wildman–Crippen MR) is 89.4 cm³/mol. The number of rotatable bonds is 5. The smallest absolute Gasteiger partial charge is 0.123 e. The molecule has 0 fully saturated rings. The Balaban J connectivity index is 1.94. The minimum Gasteiger partial charge on any atom is -0.306 e. The first-order valence-corrected chi connectivity index (χ1v) is 8.71. The van der Waals surface area contributed by atoms with Crippen molar-refractivity contribution >= 4 is 21.4 Å². The lowest BCUT2D eigenvalue weighted by atomic mass is 9.93. The van der Waals surface area contributed by atoms with Crippen LogP contribution < -0.4 is 5.32 Å². The Kier molecular flexibility index (Phi) is 4.71. The molecule has 1 atom stereocenters. The van der Waals surface area contributed by atoms with Gasteiger partial charge < -0.3 is 5.32 Å². The Morgan fingerprint density at radius 1 is 1.29 bits per heavy atom. The number of fused-ring (bicyclic) bond motifs is 1. The van der Waals surface area contributed by atoms with Gasteiger partial charge in [-0.05, 0) is 68.3 Å². The minimum absolute atomic E-state index is 0.151. The second kappa shape index (κ2) is 6.71. The van der Waals surface area contributed by atoms with Crippen LogP contribution in [0.1, 0.15) is 49.9 Å². The van der Waals surface area contributed by atoms with Crippen LogP contribution in [0.15, 0.2) is 35.9 Å². The molecule has 0 saturated heterocycles. The highest BCUT2D eigenvalue weighted by Gasteiger charge is 2.19. The molecule has 0 spiro atoms. The number of thiophene rings is 1. The average Bonchev–Trinajstić information content (AvgIpc) is 2.91. The molecule has 1 aliphatic carbocycles. The molecule has 1 heterocycles. The lowest BCUT2D eigenvalue weighted by Gasteiger charge is -2.23. The molecule has 1 unspecified atom stereocenters. The van der Waals surface area contributed by atoms with Crippen molar-refractivity contribution in [3.8, 4) is 0 Å². The third-order valence-corrected chi connectivity index (χ3v) is 5.26. The van der Waals surface area contributed by atoms with E-state index in [0.29, 0.717) is 6.04 Å². The molecule has 0 saturated carbocycles. The van der Waals surface area contributed by atoms with E-state index >= 15 is 0 Å². The van der Waals surface area contributed by atoms with E-state index in [1.807, 2.05) is 6.07 Å². The summed E-state index contributed by atoms with van der Waals surface area (Å²) in [5.41, 5.74) is 1.52. The monoisotopic (exact) mass is 303 g/mol. The average molecular weight is 303 g/mol. The lowest BCUT2D eigenvalue weighted by Crippen LogP contribution is -2.24. The van der Waals surface area contributed by atoms with E-state index in [1.165, 1.54) is 40.8 Å². The zero-order valence-electron chi connectivity index (χ0n) is 12.5. The van der Waals surface area contributed by atoms with Crippen molar-refractivity contribution in [3.05, 3.63) is 46.6 Å². The maximum Gasteiger partial charge on any atom is 0.123 e. The van der Waals surface area contributed by atoms with Gasteiger partial charge in [0.25, 0.3) is 0 Å². The summed E-state index contributed by atoms with van der Waals surface area (Å²) in [6.07, 6.45) is 8.51. The van der Waals surface area contributed by atoms with E-state index in [-0.39, 0.29) is 5.82 Å². The first kappa shape index (κ1) is 14.7. The predicted octanol–water partition coefficient (Wildman–Crippen LogP) is 5.58. The van der Waals surface area contributed by atoms with Gasteiger partial charge in [-0.3, -0.25) is 0 Å². The van der Waals surface area contributed by atoms with Gasteiger partial charge >= 0.3 is 0 Å². The van der Waals surface area contributed by atoms with Crippen LogP contribution in [0.25, 0.3) is 10.1 Å². The third kappa shape index (κ3) is 3.35. The molecule has 21 heavy (non-hydrogen) atoms. The Labute approximate surface area is 129 Å². The van der Waals surface area contributed by atoms with Gasteiger partial charge in [-0.1, -0.05) is 18.6 Å². The molecule has 0 radical (unpaired) electrons. The molecular formula is C18H22FNS. The summed E-state index contributed by atoms with van der Waals surface area (Å²) in [6.45, 7) is 3.21. The molecule has 1 N–H and O–H groups in total. The van der Waals surface area contributed by atoms with Gasteiger partial charge in [-0.2, -0.15) is 0 Å². The molecule has 2 aromatic rings. The van der Waals surface area contributed by atoms with Crippen LogP contribution in [-0.2, 0) is 0 Å². The van der Waals surface area contributed by atoms with Gasteiger partial charge in [0, 0.05) is 9.58 Å². The fourth-order valence-electron chi connectivity index (χ4n) is 3.01. The first-order chi connectivity index (χ1) is 10.3. The maximum atomic E-state index is 13.4. The van der Waals surface area contributed by atoms with Crippen LogP contribution in [-0.4, -0.2) is 6.54 Å². The largest absolute Gasteiger partial charge is 0.306 e. The number of nitrogens with one attached hydrogen (secondary N) is 1. The summed E-state index contributed by atoms with van der Waals surface area (Å²) in [7, 11) is 0. The molecule has 112 valence electrons. The van der Waals surface area contributed by atoms with E-state index in [0.717, 1.165) is 18.4 Å².